The monoisotopic (exact) mass is 349 g/mol. The van der Waals surface area contributed by atoms with Crippen LogP contribution >= 0.6 is 11.6 Å². The van der Waals surface area contributed by atoms with Crippen molar-refractivity contribution in [2.45, 2.75) is 12.3 Å². The molecule has 1 N–H and O–H groups in total. The number of amides is 1. The van der Waals surface area contributed by atoms with Crippen LogP contribution in [0.1, 0.15) is 27.0 Å². The van der Waals surface area contributed by atoms with E-state index in [1.807, 2.05) is 60.7 Å². The van der Waals surface area contributed by atoms with Gasteiger partial charge in [0.2, 0.25) is 0 Å². The zero-order valence-electron chi connectivity index (χ0n) is 13.4. The Bertz CT molecular complexity index is 927. The van der Waals surface area contributed by atoms with E-state index in [1.54, 1.807) is 18.2 Å². The summed E-state index contributed by atoms with van der Waals surface area (Å²) in [6.45, 7) is 0.288. The lowest BCUT2D eigenvalue weighted by Gasteiger charge is -2.35. The van der Waals surface area contributed by atoms with E-state index >= 15 is 0 Å². The highest BCUT2D eigenvalue weighted by Gasteiger charge is 2.51. The van der Waals surface area contributed by atoms with Crippen LogP contribution in [-0.2, 0) is 12.3 Å². The molecular weight excluding hydrogens is 334 g/mol. The third-order valence-corrected chi connectivity index (χ3v) is 4.90. The van der Waals surface area contributed by atoms with Gasteiger partial charge >= 0.3 is 0 Å². The summed E-state index contributed by atoms with van der Waals surface area (Å²) < 4.78 is 0. The highest BCUT2D eigenvalue weighted by atomic mass is 35.5. The Morgan fingerprint density at radius 1 is 0.880 bits per heavy atom. The van der Waals surface area contributed by atoms with Crippen molar-refractivity contribution in [2.75, 3.05) is 0 Å². The van der Waals surface area contributed by atoms with E-state index < -0.39 is 5.72 Å². The van der Waals surface area contributed by atoms with Crippen LogP contribution in [-0.4, -0.2) is 15.9 Å². The highest BCUT2D eigenvalue weighted by Crippen LogP contribution is 2.46. The first-order valence-corrected chi connectivity index (χ1v) is 8.43. The zero-order valence-corrected chi connectivity index (χ0v) is 14.1. The van der Waals surface area contributed by atoms with Crippen LogP contribution in [0.4, 0.5) is 0 Å². The van der Waals surface area contributed by atoms with Gasteiger partial charge in [-0.05, 0) is 17.7 Å². The van der Waals surface area contributed by atoms with Crippen molar-refractivity contribution >= 4 is 17.5 Å². The second-order valence-electron chi connectivity index (χ2n) is 6.08. The number of carbonyl (C=O) groups excluding carboxylic acids is 1. The number of hydrogen-bond acceptors (Lipinski definition) is 2. The SMILES string of the molecule is O=C1c2cccc(Cl)c2C(O)(c2ccccc2)N1Cc1ccccc1. The number of hydrogen-bond donors (Lipinski definition) is 1. The maximum atomic E-state index is 13.0. The van der Waals surface area contributed by atoms with Crippen molar-refractivity contribution in [1.29, 1.82) is 0 Å². The molecule has 1 aliphatic rings. The number of benzene rings is 3. The molecule has 0 aliphatic carbocycles. The van der Waals surface area contributed by atoms with Crippen LogP contribution in [0, 0.1) is 0 Å². The number of nitrogens with zero attached hydrogens (tertiary/aromatic N) is 1. The van der Waals surface area contributed by atoms with E-state index in [2.05, 4.69) is 0 Å². The Kier molecular flexibility index (Phi) is 3.83. The molecule has 1 heterocycles. The number of rotatable bonds is 3. The lowest BCUT2D eigenvalue weighted by Crippen LogP contribution is -2.44. The average Bonchev–Trinajstić information content (AvgIpc) is 2.87. The van der Waals surface area contributed by atoms with Gasteiger partial charge in [-0.1, -0.05) is 78.3 Å². The van der Waals surface area contributed by atoms with E-state index in [4.69, 9.17) is 11.6 Å². The van der Waals surface area contributed by atoms with Gasteiger partial charge in [0.05, 0.1) is 0 Å². The Hall–Kier alpha value is -2.62. The van der Waals surface area contributed by atoms with E-state index in [0.717, 1.165) is 5.56 Å². The van der Waals surface area contributed by atoms with Crippen LogP contribution in [0.3, 0.4) is 0 Å². The van der Waals surface area contributed by atoms with Crippen molar-refractivity contribution in [3.05, 3.63) is 106 Å². The molecule has 0 aromatic heterocycles. The lowest BCUT2D eigenvalue weighted by molar-refractivity contribution is -0.0542. The molecule has 1 aliphatic heterocycles. The van der Waals surface area contributed by atoms with Gasteiger partial charge in [0.1, 0.15) is 0 Å². The third-order valence-electron chi connectivity index (χ3n) is 4.59. The fraction of sp³-hybridized carbons (Fsp3) is 0.0952. The van der Waals surface area contributed by atoms with Crippen LogP contribution in [0.25, 0.3) is 0 Å². The number of fused-ring (bicyclic) bond motifs is 1. The Labute approximate surface area is 151 Å². The summed E-state index contributed by atoms with van der Waals surface area (Å²) in [4.78, 5) is 14.5. The summed E-state index contributed by atoms with van der Waals surface area (Å²) >= 11 is 6.40. The first-order valence-electron chi connectivity index (χ1n) is 8.05. The number of halogens is 1. The third kappa shape index (κ3) is 2.44. The number of aliphatic hydroxyl groups is 1. The molecule has 25 heavy (non-hydrogen) atoms. The van der Waals surface area contributed by atoms with Gasteiger partial charge in [0.25, 0.3) is 5.91 Å². The molecule has 0 radical (unpaired) electrons. The van der Waals surface area contributed by atoms with Crippen molar-refractivity contribution in [3.8, 4) is 0 Å². The molecule has 4 rings (SSSR count). The van der Waals surface area contributed by atoms with Gasteiger partial charge in [-0.2, -0.15) is 0 Å². The van der Waals surface area contributed by atoms with Crippen LogP contribution < -0.4 is 0 Å². The minimum atomic E-state index is -1.60. The molecule has 0 bridgehead atoms. The van der Waals surface area contributed by atoms with Gasteiger partial charge < -0.3 is 5.11 Å². The second kappa shape index (κ2) is 6.03. The normalized spacial score (nSPS) is 19.1. The van der Waals surface area contributed by atoms with E-state index in [-0.39, 0.29) is 12.5 Å². The molecule has 4 heteroatoms. The van der Waals surface area contributed by atoms with Crippen LogP contribution in [0.2, 0.25) is 5.02 Å². The van der Waals surface area contributed by atoms with Crippen LogP contribution in [0.15, 0.2) is 78.9 Å². The van der Waals surface area contributed by atoms with Gasteiger partial charge in [-0.3, -0.25) is 9.69 Å². The highest BCUT2D eigenvalue weighted by molar-refractivity contribution is 6.32. The lowest BCUT2D eigenvalue weighted by atomic mass is 9.93. The van der Waals surface area contributed by atoms with Gasteiger partial charge in [0, 0.05) is 28.3 Å². The first-order chi connectivity index (χ1) is 12.1. The minimum Gasteiger partial charge on any atom is -0.363 e. The van der Waals surface area contributed by atoms with E-state index in [0.29, 0.717) is 21.7 Å². The predicted molar refractivity (Wildman–Crippen MR) is 97.2 cm³/mol. The second-order valence-corrected chi connectivity index (χ2v) is 6.48. The molecule has 1 unspecified atom stereocenters. The molecule has 3 aromatic carbocycles. The largest absolute Gasteiger partial charge is 0.363 e. The first kappa shape index (κ1) is 15.9. The Morgan fingerprint density at radius 3 is 2.20 bits per heavy atom. The summed E-state index contributed by atoms with van der Waals surface area (Å²) in [5.41, 5.74) is 0.848. The maximum Gasteiger partial charge on any atom is 0.257 e. The number of carbonyl (C=O) groups is 1. The van der Waals surface area contributed by atoms with Crippen molar-refractivity contribution in [1.82, 2.24) is 4.90 Å². The molecule has 0 spiro atoms. The fourth-order valence-electron chi connectivity index (χ4n) is 3.41. The summed E-state index contributed by atoms with van der Waals surface area (Å²) in [7, 11) is 0. The maximum absolute atomic E-state index is 13.0. The Morgan fingerprint density at radius 2 is 1.52 bits per heavy atom. The molecule has 3 nitrogen and oxygen atoms in total. The van der Waals surface area contributed by atoms with Crippen molar-refractivity contribution in [2.24, 2.45) is 0 Å². The zero-order chi connectivity index (χ0) is 17.4. The molecule has 3 aromatic rings. The van der Waals surface area contributed by atoms with Crippen molar-refractivity contribution in [3.63, 3.8) is 0 Å². The average molecular weight is 350 g/mol. The van der Waals surface area contributed by atoms with Gasteiger partial charge in [0.15, 0.2) is 5.72 Å². The quantitative estimate of drug-likeness (QED) is 0.770. The topological polar surface area (TPSA) is 40.5 Å². The summed E-state index contributed by atoms with van der Waals surface area (Å²) in [6, 6.07) is 23.9. The van der Waals surface area contributed by atoms with Crippen molar-refractivity contribution < 1.29 is 9.90 Å². The summed E-state index contributed by atoms with van der Waals surface area (Å²) in [5, 5.41) is 12.1. The van der Waals surface area contributed by atoms with E-state index in [9.17, 15) is 9.90 Å². The molecular formula is C21H16ClNO2. The standard InChI is InChI=1S/C21H16ClNO2/c22-18-13-7-12-17-19(18)21(25,16-10-5-2-6-11-16)23(20(17)24)14-15-8-3-1-4-9-15/h1-13,25H,14H2. The molecule has 1 amide bonds. The molecule has 0 saturated heterocycles. The predicted octanol–water partition coefficient (Wildman–Crippen LogP) is 4.19. The molecule has 0 fully saturated rings. The van der Waals surface area contributed by atoms with Gasteiger partial charge in [-0.15, -0.1) is 0 Å². The van der Waals surface area contributed by atoms with Gasteiger partial charge in [-0.25, -0.2) is 0 Å². The molecule has 1 atom stereocenters. The molecule has 0 saturated carbocycles. The smallest absolute Gasteiger partial charge is 0.257 e. The summed E-state index contributed by atoms with van der Waals surface area (Å²) in [5.74, 6) is -0.229. The molecule has 124 valence electrons. The minimum absolute atomic E-state index is 0.229. The van der Waals surface area contributed by atoms with Crippen LogP contribution in [0.5, 0.6) is 0 Å². The Balaban J connectivity index is 1.91. The summed E-state index contributed by atoms with van der Waals surface area (Å²) in [6.07, 6.45) is 0. The fourth-order valence-corrected chi connectivity index (χ4v) is 3.71. The van der Waals surface area contributed by atoms with E-state index in [1.165, 1.54) is 4.90 Å².